The number of pyridine rings is 1. The minimum absolute atomic E-state index is 0.415. The molecule has 110 valence electrons. The highest BCUT2D eigenvalue weighted by atomic mass is 16.5. The summed E-state index contributed by atoms with van der Waals surface area (Å²) in [4.78, 5) is 8.29. The molecule has 0 unspecified atom stereocenters. The van der Waals surface area contributed by atoms with Gasteiger partial charge in [0.05, 0.1) is 6.61 Å². The first kappa shape index (κ1) is 14.8. The van der Waals surface area contributed by atoms with Crippen molar-refractivity contribution in [2.45, 2.75) is 20.8 Å². The van der Waals surface area contributed by atoms with Gasteiger partial charge in [-0.1, -0.05) is 5.16 Å². The second-order valence-electron chi connectivity index (χ2n) is 4.34. The standard InChI is InChI=1S/C15H18N4O2/c1-4-12(20-5-2)8-10(3)15-18-14(19-21-15)11-6-7-17-13(16)9-11/h4,6-9H,5H2,1-3H3,(H2,16,17)/b10-8+,12-4+. The lowest BCUT2D eigenvalue weighted by Gasteiger charge is -2.03. The number of hydrogen-bond acceptors (Lipinski definition) is 6. The molecule has 2 N–H and O–H groups in total. The Morgan fingerprint density at radius 3 is 2.95 bits per heavy atom. The van der Waals surface area contributed by atoms with Crippen LogP contribution in [-0.2, 0) is 4.74 Å². The predicted octanol–water partition coefficient (Wildman–Crippen LogP) is 3.06. The molecule has 0 bridgehead atoms. The Balaban J connectivity index is 2.25. The normalized spacial score (nSPS) is 12.5. The fourth-order valence-corrected chi connectivity index (χ4v) is 1.74. The summed E-state index contributed by atoms with van der Waals surface area (Å²) in [6.45, 7) is 6.34. The van der Waals surface area contributed by atoms with Gasteiger partial charge in [-0.05, 0) is 45.1 Å². The first-order valence-electron chi connectivity index (χ1n) is 6.67. The molecule has 2 heterocycles. The van der Waals surface area contributed by atoms with Crippen LogP contribution in [0.25, 0.3) is 17.0 Å². The van der Waals surface area contributed by atoms with Gasteiger partial charge in [0.1, 0.15) is 11.6 Å². The number of nitrogens with two attached hydrogens (primary N) is 1. The van der Waals surface area contributed by atoms with Crippen molar-refractivity contribution in [3.8, 4) is 11.4 Å². The summed E-state index contributed by atoms with van der Waals surface area (Å²) in [5.41, 5.74) is 7.24. The maximum absolute atomic E-state index is 5.65. The summed E-state index contributed by atoms with van der Waals surface area (Å²) in [6, 6.07) is 3.48. The van der Waals surface area contributed by atoms with E-state index >= 15 is 0 Å². The highest BCUT2D eigenvalue weighted by Gasteiger charge is 2.11. The van der Waals surface area contributed by atoms with Crippen LogP contribution in [0.1, 0.15) is 26.7 Å². The smallest absolute Gasteiger partial charge is 0.254 e. The van der Waals surface area contributed by atoms with Crippen molar-refractivity contribution in [1.29, 1.82) is 0 Å². The average molecular weight is 286 g/mol. The maximum Gasteiger partial charge on any atom is 0.254 e. The minimum Gasteiger partial charge on any atom is -0.494 e. The van der Waals surface area contributed by atoms with E-state index in [9.17, 15) is 0 Å². The van der Waals surface area contributed by atoms with Crippen LogP contribution in [0.3, 0.4) is 0 Å². The molecule has 0 aliphatic rings. The van der Waals surface area contributed by atoms with E-state index in [4.69, 9.17) is 15.0 Å². The summed E-state index contributed by atoms with van der Waals surface area (Å²) < 4.78 is 10.7. The van der Waals surface area contributed by atoms with Crippen molar-refractivity contribution < 1.29 is 9.26 Å². The van der Waals surface area contributed by atoms with E-state index < -0.39 is 0 Å². The van der Waals surface area contributed by atoms with Gasteiger partial charge in [0.2, 0.25) is 5.82 Å². The molecule has 0 radical (unpaired) electrons. The van der Waals surface area contributed by atoms with Crippen LogP contribution < -0.4 is 5.73 Å². The Labute approximate surface area is 123 Å². The number of hydrogen-bond donors (Lipinski definition) is 1. The van der Waals surface area contributed by atoms with Crippen LogP contribution in [0.15, 0.2) is 40.8 Å². The maximum atomic E-state index is 5.65. The van der Waals surface area contributed by atoms with E-state index in [1.807, 2.05) is 32.9 Å². The topological polar surface area (TPSA) is 87.1 Å². The third kappa shape index (κ3) is 3.68. The van der Waals surface area contributed by atoms with Gasteiger partial charge in [0.25, 0.3) is 5.89 Å². The molecule has 0 fully saturated rings. The molecule has 0 aliphatic heterocycles. The SMILES string of the molecule is C/C=C(\C=C(/C)c1nc(-c2ccnc(N)c2)no1)OCC. The predicted molar refractivity (Wildman–Crippen MR) is 81.0 cm³/mol. The number of ether oxygens (including phenoxy) is 1. The molecule has 0 aromatic carbocycles. The number of anilines is 1. The van der Waals surface area contributed by atoms with Crippen molar-refractivity contribution in [2.24, 2.45) is 0 Å². The zero-order valence-corrected chi connectivity index (χ0v) is 12.3. The van der Waals surface area contributed by atoms with Crippen molar-refractivity contribution in [2.75, 3.05) is 12.3 Å². The van der Waals surface area contributed by atoms with Gasteiger partial charge in [-0.2, -0.15) is 4.98 Å². The Kier molecular flexibility index (Phi) is 4.71. The van der Waals surface area contributed by atoms with Crippen LogP contribution in [0.4, 0.5) is 5.82 Å². The first-order valence-corrected chi connectivity index (χ1v) is 6.67. The Bertz CT molecular complexity index is 674. The first-order chi connectivity index (χ1) is 10.1. The quantitative estimate of drug-likeness (QED) is 0.671. The molecule has 2 aromatic rings. The van der Waals surface area contributed by atoms with E-state index in [1.54, 1.807) is 18.3 Å². The van der Waals surface area contributed by atoms with Crippen molar-refractivity contribution in [3.05, 3.63) is 42.1 Å². The third-order valence-electron chi connectivity index (χ3n) is 2.76. The van der Waals surface area contributed by atoms with E-state index in [-0.39, 0.29) is 0 Å². The molecule has 6 heteroatoms. The highest BCUT2D eigenvalue weighted by molar-refractivity contribution is 5.63. The minimum atomic E-state index is 0.415. The second-order valence-corrected chi connectivity index (χ2v) is 4.34. The van der Waals surface area contributed by atoms with Gasteiger partial charge in [-0.3, -0.25) is 0 Å². The molecule has 0 atom stereocenters. The monoisotopic (exact) mass is 286 g/mol. The van der Waals surface area contributed by atoms with Crippen LogP contribution in [0.5, 0.6) is 0 Å². The number of rotatable bonds is 5. The summed E-state index contributed by atoms with van der Waals surface area (Å²) in [5, 5.41) is 3.96. The molecular formula is C15H18N4O2. The van der Waals surface area contributed by atoms with Gasteiger partial charge in [-0.15, -0.1) is 0 Å². The van der Waals surface area contributed by atoms with Crippen LogP contribution in [0.2, 0.25) is 0 Å². The van der Waals surface area contributed by atoms with Crippen molar-refractivity contribution >= 4 is 11.4 Å². The van der Waals surface area contributed by atoms with Crippen LogP contribution in [-0.4, -0.2) is 21.7 Å². The van der Waals surface area contributed by atoms with E-state index in [0.717, 1.165) is 16.9 Å². The largest absolute Gasteiger partial charge is 0.494 e. The molecule has 21 heavy (non-hydrogen) atoms. The summed E-state index contributed by atoms with van der Waals surface area (Å²) >= 11 is 0. The molecular weight excluding hydrogens is 268 g/mol. The highest BCUT2D eigenvalue weighted by Crippen LogP contribution is 2.21. The molecule has 0 spiro atoms. The van der Waals surface area contributed by atoms with Gasteiger partial charge >= 0.3 is 0 Å². The van der Waals surface area contributed by atoms with E-state index in [1.165, 1.54) is 0 Å². The van der Waals surface area contributed by atoms with Gasteiger partial charge in [0.15, 0.2) is 0 Å². The summed E-state index contributed by atoms with van der Waals surface area (Å²) in [7, 11) is 0. The zero-order chi connectivity index (χ0) is 15.2. The molecule has 0 saturated heterocycles. The summed E-state index contributed by atoms with van der Waals surface area (Å²) in [6.07, 6.45) is 5.35. The molecule has 2 rings (SSSR count). The molecule has 0 aliphatic carbocycles. The molecule has 6 nitrogen and oxygen atoms in total. The lowest BCUT2D eigenvalue weighted by molar-refractivity contribution is 0.242. The Morgan fingerprint density at radius 1 is 1.48 bits per heavy atom. The van der Waals surface area contributed by atoms with Gasteiger partial charge in [-0.25, -0.2) is 4.98 Å². The summed E-state index contributed by atoms with van der Waals surface area (Å²) in [5.74, 6) is 2.10. The van der Waals surface area contributed by atoms with Gasteiger partial charge in [0, 0.05) is 17.3 Å². The van der Waals surface area contributed by atoms with Crippen molar-refractivity contribution in [1.82, 2.24) is 15.1 Å². The number of nitrogen functional groups attached to an aromatic ring is 1. The van der Waals surface area contributed by atoms with Crippen LogP contribution >= 0.6 is 0 Å². The molecule has 0 saturated carbocycles. The lowest BCUT2D eigenvalue weighted by Crippen LogP contribution is -1.91. The molecule has 2 aromatic heterocycles. The Morgan fingerprint density at radius 2 is 2.29 bits per heavy atom. The van der Waals surface area contributed by atoms with Gasteiger partial charge < -0.3 is 15.0 Å². The Hall–Kier alpha value is -2.63. The van der Waals surface area contributed by atoms with Crippen molar-refractivity contribution in [3.63, 3.8) is 0 Å². The van der Waals surface area contributed by atoms with Crippen LogP contribution in [0, 0.1) is 0 Å². The lowest BCUT2D eigenvalue weighted by atomic mass is 10.2. The fourth-order valence-electron chi connectivity index (χ4n) is 1.74. The number of allylic oxidation sites excluding steroid dienone is 3. The van der Waals surface area contributed by atoms with E-state index in [2.05, 4.69) is 15.1 Å². The number of aromatic nitrogens is 3. The second kappa shape index (κ2) is 6.69. The fraction of sp³-hybridized carbons (Fsp3) is 0.267. The van der Waals surface area contributed by atoms with E-state index in [0.29, 0.717) is 24.1 Å². The molecule has 0 amide bonds. The zero-order valence-electron chi connectivity index (χ0n) is 12.3. The average Bonchev–Trinajstić information content (AvgIpc) is 2.96. The number of nitrogens with zero attached hydrogens (tertiary/aromatic N) is 3. The third-order valence-corrected chi connectivity index (χ3v) is 2.76.